The zero-order chi connectivity index (χ0) is 20.8. The van der Waals surface area contributed by atoms with Crippen molar-refractivity contribution in [1.82, 2.24) is 10.6 Å². The minimum Gasteiger partial charge on any atom is -0.459 e. The number of carbonyl (C=O) groups is 3. The third-order valence-corrected chi connectivity index (χ3v) is 4.36. The molecule has 2 amide bonds. The van der Waals surface area contributed by atoms with Gasteiger partial charge in [-0.25, -0.2) is 0 Å². The Kier molecular flexibility index (Phi) is 6.51. The fourth-order valence-corrected chi connectivity index (χ4v) is 2.75. The lowest BCUT2D eigenvalue weighted by Gasteiger charge is -2.12. The smallest absolute Gasteiger partial charge is 0.325 e. The van der Waals surface area contributed by atoms with Gasteiger partial charge in [-0.2, -0.15) is 0 Å². The fourth-order valence-electron chi connectivity index (χ4n) is 2.62. The molecule has 1 aromatic heterocycles. The lowest BCUT2D eigenvalue weighted by molar-refractivity contribution is -0.147. The average molecular weight is 415 g/mol. The van der Waals surface area contributed by atoms with Crippen molar-refractivity contribution in [2.24, 2.45) is 0 Å². The number of esters is 1. The first-order valence-corrected chi connectivity index (χ1v) is 9.27. The molecular weight excluding hydrogens is 396 g/mol. The van der Waals surface area contributed by atoms with Crippen LogP contribution >= 0.6 is 11.6 Å². The number of hydrogen-bond acceptors (Lipinski definition) is 5. The first-order chi connectivity index (χ1) is 13.9. The number of benzene rings is 2. The molecule has 3 aromatic rings. The largest absolute Gasteiger partial charge is 0.459 e. The maximum Gasteiger partial charge on any atom is 0.325 e. The Hall–Kier alpha value is -3.32. The third-order valence-electron chi connectivity index (χ3n) is 4.11. The quantitative estimate of drug-likeness (QED) is 0.578. The van der Waals surface area contributed by atoms with Crippen LogP contribution in [-0.4, -0.2) is 30.9 Å². The van der Waals surface area contributed by atoms with Crippen molar-refractivity contribution >= 4 is 40.4 Å². The van der Waals surface area contributed by atoms with Gasteiger partial charge in [0, 0.05) is 16.0 Å². The molecule has 0 aliphatic carbocycles. The molecule has 150 valence electrons. The Labute approximate surface area is 172 Å². The molecule has 0 saturated heterocycles. The van der Waals surface area contributed by atoms with Crippen molar-refractivity contribution in [3.05, 3.63) is 70.9 Å². The number of halogens is 1. The number of rotatable bonds is 7. The lowest BCUT2D eigenvalue weighted by atomic mass is 10.2. The highest BCUT2D eigenvalue weighted by molar-refractivity contribution is 6.30. The Balaban J connectivity index is 1.41. The molecule has 8 heteroatoms. The standard InChI is InChI=1S/C21H19ClN2O5/c1-13(18-10-15-4-2-3-5-17(15)29-18)24-19(25)12-28-20(26)11-23-21(27)14-6-8-16(22)9-7-14/h2-10,13H,11-12H2,1H3,(H,23,27)(H,24,25)/t13-/m1/s1. The van der Waals surface area contributed by atoms with E-state index in [0.717, 1.165) is 11.0 Å². The molecule has 0 aliphatic rings. The van der Waals surface area contributed by atoms with Crippen molar-refractivity contribution in [3.63, 3.8) is 0 Å². The minimum absolute atomic E-state index is 0.353. The van der Waals surface area contributed by atoms with E-state index >= 15 is 0 Å². The van der Waals surface area contributed by atoms with Gasteiger partial charge in [0.15, 0.2) is 6.61 Å². The normalized spacial score (nSPS) is 11.7. The molecule has 1 heterocycles. The second-order valence-electron chi connectivity index (χ2n) is 6.33. The summed E-state index contributed by atoms with van der Waals surface area (Å²) >= 11 is 5.76. The van der Waals surface area contributed by atoms with Crippen LogP contribution < -0.4 is 10.6 Å². The van der Waals surface area contributed by atoms with Gasteiger partial charge < -0.3 is 19.8 Å². The van der Waals surface area contributed by atoms with Crippen LogP contribution in [0.15, 0.2) is 59.0 Å². The molecule has 2 aromatic carbocycles. The number of nitrogens with one attached hydrogen (secondary N) is 2. The molecular formula is C21H19ClN2O5. The van der Waals surface area contributed by atoms with E-state index in [1.54, 1.807) is 19.1 Å². The predicted molar refractivity (Wildman–Crippen MR) is 108 cm³/mol. The second kappa shape index (κ2) is 9.25. The van der Waals surface area contributed by atoms with Crippen molar-refractivity contribution in [2.45, 2.75) is 13.0 Å². The van der Waals surface area contributed by atoms with E-state index in [1.165, 1.54) is 12.1 Å². The van der Waals surface area contributed by atoms with Gasteiger partial charge >= 0.3 is 5.97 Å². The van der Waals surface area contributed by atoms with Crippen LogP contribution in [0.25, 0.3) is 11.0 Å². The number of furan rings is 1. The summed E-state index contributed by atoms with van der Waals surface area (Å²) < 4.78 is 10.6. The Bertz CT molecular complexity index is 996. The van der Waals surface area contributed by atoms with Gasteiger partial charge in [0.2, 0.25) is 0 Å². The van der Waals surface area contributed by atoms with Gasteiger partial charge in [-0.1, -0.05) is 29.8 Å². The molecule has 0 unspecified atom stereocenters. The summed E-state index contributed by atoms with van der Waals surface area (Å²) in [4.78, 5) is 35.7. The van der Waals surface area contributed by atoms with Crippen molar-refractivity contribution in [2.75, 3.05) is 13.2 Å². The summed E-state index contributed by atoms with van der Waals surface area (Å²) in [5.74, 6) is -1.04. The number of carbonyl (C=O) groups excluding carboxylic acids is 3. The summed E-state index contributed by atoms with van der Waals surface area (Å²) in [6.07, 6.45) is 0. The number of amides is 2. The average Bonchev–Trinajstić information content (AvgIpc) is 3.15. The molecule has 7 nitrogen and oxygen atoms in total. The molecule has 1 atom stereocenters. The van der Waals surface area contributed by atoms with Crippen molar-refractivity contribution in [3.8, 4) is 0 Å². The van der Waals surface area contributed by atoms with Crippen LogP contribution in [0.4, 0.5) is 0 Å². The Morgan fingerprint density at radius 1 is 1.10 bits per heavy atom. The highest BCUT2D eigenvalue weighted by Gasteiger charge is 2.16. The Morgan fingerprint density at radius 2 is 1.83 bits per heavy atom. The van der Waals surface area contributed by atoms with E-state index in [0.29, 0.717) is 16.3 Å². The molecule has 2 N–H and O–H groups in total. The van der Waals surface area contributed by atoms with Gasteiger partial charge in [-0.15, -0.1) is 0 Å². The van der Waals surface area contributed by atoms with E-state index in [-0.39, 0.29) is 6.54 Å². The molecule has 0 radical (unpaired) electrons. The molecule has 0 fully saturated rings. The molecule has 0 aliphatic heterocycles. The summed E-state index contributed by atoms with van der Waals surface area (Å²) in [7, 11) is 0. The van der Waals surface area contributed by atoms with E-state index in [9.17, 15) is 14.4 Å². The van der Waals surface area contributed by atoms with E-state index in [1.807, 2.05) is 30.3 Å². The zero-order valence-electron chi connectivity index (χ0n) is 15.6. The van der Waals surface area contributed by atoms with Crippen LogP contribution in [0.3, 0.4) is 0 Å². The number of para-hydroxylation sites is 1. The topological polar surface area (TPSA) is 97.6 Å². The summed E-state index contributed by atoms with van der Waals surface area (Å²) in [5.41, 5.74) is 1.09. The number of ether oxygens (including phenoxy) is 1. The molecule has 29 heavy (non-hydrogen) atoms. The lowest BCUT2D eigenvalue weighted by Crippen LogP contribution is -2.34. The van der Waals surface area contributed by atoms with Crippen LogP contribution in [0.1, 0.15) is 29.1 Å². The Morgan fingerprint density at radius 3 is 2.55 bits per heavy atom. The first-order valence-electron chi connectivity index (χ1n) is 8.89. The van der Waals surface area contributed by atoms with Crippen LogP contribution in [-0.2, 0) is 14.3 Å². The van der Waals surface area contributed by atoms with Gasteiger partial charge in [0.1, 0.15) is 17.9 Å². The van der Waals surface area contributed by atoms with Crippen LogP contribution in [0.5, 0.6) is 0 Å². The molecule has 0 bridgehead atoms. The van der Waals surface area contributed by atoms with Crippen LogP contribution in [0.2, 0.25) is 5.02 Å². The van der Waals surface area contributed by atoms with E-state index < -0.39 is 30.4 Å². The monoisotopic (exact) mass is 414 g/mol. The van der Waals surface area contributed by atoms with Crippen molar-refractivity contribution in [1.29, 1.82) is 0 Å². The van der Waals surface area contributed by atoms with Crippen molar-refractivity contribution < 1.29 is 23.5 Å². The maximum absolute atomic E-state index is 12.0. The first kappa shape index (κ1) is 20.4. The predicted octanol–water partition coefficient (Wildman–Crippen LogP) is 3.24. The number of hydrogen-bond donors (Lipinski definition) is 2. The summed E-state index contributed by atoms with van der Waals surface area (Å²) in [6.45, 7) is 0.956. The number of fused-ring (bicyclic) bond motifs is 1. The van der Waals surface area contributed by atoms with Crippen LogP contribution in [0, 0.1) is 0 Å². The van der Waals surface area contributed by atoms with Gasteiger partial charge in [0.25, 0.3) is 11.8 Å². The zero-order valence-corrected chi connectivity index (χ0v) is 16.4. The highest BCUT2D eigenvalue weighted by atomic mass is 35.5. The fraction of sp³-hybridized carbons (Fsp3) is 0.190. The SMILES string of the molecule is C[C@@H](NC(=O)COC(=O)CNC(=O)c1ccc(Cl)cc1)c1cc2ccccc2o1. The third kappa shape index (κ3) is 5.58. The van der Waals surface area contributed by atoms with Gasteiger partial charge in [-0.3, -0.25) is 14.4 Å². The summed E-state index contributed by atoms with van der Waals surface area (Å²) in [6, 6.07) is 15.2. The van der Waals surface area contributed by atoms with Gasteiger partial charge in [-0.05, 0) is 43.3 Å². The van der Waals surface area contributed by atoms with E-state index in [2.05, 4.69) is 10.6 Å². The minimum atomic E-state index is -0.723. The maximum atomic E-state index is 12.0. The molecule has 0 spiro atoms. The second-order valence-corrected chi connectivity index (χ2v) is 6.76. The highest BCUT2D eigenvalue weighted by Crippen LogP contribution is 2.23. The van der Waals surface area contributed by atoms with E-state index in [4.69, 9.17) is 20.8 Å². The van der Waals surface area contributed by atoms with Gasteiger partial charge in [0.05, 0.1) is 6.04 Å². The molecule has 0 saturated carbocycles. The molecule has 3 rings (SSSR count). The summed E-state index contributed by atoms with van der Waals surface area (Å²) in [5, 5.41) is 6.56.